The van der Waals surface area contributed by atoms with E-state index in [4.69, 9.17) is 10.5 Å². The summed E-state index contributed by atoms with van der Waals surface area (Å²) in [4.78, 5) is 0. The highest BCUT2D eigenvalue weighted by Gasteiger charge is 2.33. The van der Waals surface area contributed by atoms with Crippen LogP contribution in [0.4, 0.5) is 0 Å². The summed E-state index contributed by atoms with van der Waals surface area (Å²) >= 11 is 4.18. The van der Waals surface area contributed by atoms with Gasteiger partial charge in [-0.05, 0) is 30.4 Å². The lowest BCUT2D eigenvalue weighted by Crippen LogP contribution is -2.43. The van der Waals surface area contributed by atoms with Gasteiger partial charge in [-0.1, -0.05) is 31.2 Å². The first-order chi connectivity index (χ1) is 10.3. The molecular formula is C17H25NOS2. The number of rotatable bonds is 4. The predicted molar refractivity (Wildman–Crippen MR) is 94.2 cm³/mol. The summed E-state index contributed by atoms with van der Waals surface area (Å²) in [6, 6.07) is 8.92. The van der Waals surface area contributed by atoms with Gasteiger partial charge in [0.2, 0.25) is 0 Å². The van der Waals surface area contributed by atoms with Crippen molar-refractivity contribution in [1.29, 1.82) is 0 Å². The third kappa shape index (κ3) is 3.61. The third-order valence-corrected chi connectivity index (χ3v) is 7.92. The molecule has 0 aromatic heterocycles. The first-order valence-corrected chi connectivity index (χ1v) is 10.1. The van der Waals surface area contributed by atoms with Crippen molar-refractivity contribution >= 4 is 23.5 Å². The number of thioether (sulfide) groups is 2. The van der Waals surface area contributed by atoms with E-state index in [1.165, 1.54) is 29.1 Å². The molecule has 0 amide bonds. The van der Waals surface area contributed by atoms with E-state index in [1.54, 1.807) is 0 Å². The lowest BCUT2D eigenvalue weighted by atomic mass is 9.92. The molecule has 2 N–H and O–H groups in total. The Kier molecular flexibility index (Phi) is 5.54. The quantitative estimate of drug-likeness (QED) is 0.917. The topological polar surface area (TPSA) is 35.2 Å². The van der Waals surface area contributed by atoms with Crippen molar-refractivity contribution in [2.75, 3.05) is 18.1 Å². The Morgan fingerprint density at radius 2 is 2.10 bits per heavy atom. The second-order valence-electron chi connectivity index (χ2n) is 5.86. The van der Waals surface area contributed by atoms with Crippen LogP contribution in [0.5, 0.6) is 0 Å². The summed E-state index contributed by atoms with van der Waals surface area (Å²) in [5, 5.41) is 1.28. The summed E-state index contributed by atoms with van der Waals surface area (Å²) < 4.78 is 6.04. The summed E-state index contributed by atoms with van der Waals surface area (Å²) in [6.07, 6.45) is 3.40. The summed E-state index contributed by atoms with van der Waals surface area (Å²) in [5.74, 6) is 2.51. The Hall–Kier alpha value is -0.160. The van der Waals surface area contributed by atoms with Crippen LogP contribution in [0.1, 0.15) is 37.0 Å². The molecule has 2 aliphatic rings. The average molecular weight is 324 g/mol. The maximum Gasteiger partial charge on any atom is 0.0842 e. The van der Waals surface area contributed by atoms with Gasteiger partial charge in [0.25, 0.3) is 0 Å². The van der Waals surface area contributed by atoms with Crippen LogP contribution in [-0.2, 0) is 11.2 Å². The van der Waals surface area contributed by atoms with Crippen molar-refractivity contribution in [3.63, 3.8) is 0 Å². The largest absolute Gasteiger partial charge is 0.373 e. The van der Waals surface area contributed by atoms with Gasteiger partial charge in [0, 0.05) is 28.0 Å². The number of fused-ring (bicyclic) bond motifs is 1. The molecular weight excluding hydrogens is 298 g/mol. The zero-order valence-corrected chi connectivity index (χ0v) is 14.3. The monoisotopic (exact) mass is 323 g/mol. The molecule has 3 rings (SSSR count). The second kappa shape index (κ2) is 7.40. The molecule has 2 nitrogen and oxygen atoms in total. The minimum atomic E-state index is 0.190. The van der Waals surface area contributed by atoms with E-state index in [9.17, 15) is 0 Å². The molecule has 21 heavy (non-hydrogen) atoms. The van der Waals surface area contributed by atoms with E-state index < -0.39 is 0 Å². The van der Waals surface area contributed by atoms with Crippen LogP contribution in [0.3, 0.4) is 0 Å². The van der Waals surface area contributed by atoms with Gasteiger partial charge in [0.1, 0.15) is 0 Å². The Bertz CT molecular complexity index is 468. The number of hydrogen-bond donors (Lipinski definition) is 1. The molecule has 4 heteroatoms. The van der Waals surface area contributed by atoms with Gasteiger partial charge in [-0.2, -0.15) is 23.5 Å². The minimum Gasteiger partial charge on any atom is -0.373 e. The molecule has 2 aliphatic heterocycles. The first-order valence-electron chi connectivity index (χ1n) is 7.97. The molecule has 1 aromatic carbocycles. The smallest absolute Gasteiger partial charge is 0.0842 e. The maximum atomic E-state index is 6.59. The normalized spacial score (nSPS) is 30.7. The third-order valence-electron chi connectivity index (χ3n) is 4.49. The fourth-order valence-corrected chi connectivity index (χ4v) is 6.60. The average Bonchev–Trinajstić information content (AvgIpc) is 2.55. The van der Waals surface area contributed by atoms with Crippen LogP contribution in [0.2, 0.25) is 0 Å². The van der Waals surface area contributed by atoms with Gasteiger partial charge in [0.05, 0.1) is 12.7 Å². The number of benzene rings is 1. The summed E-state index contributed by atoms with van der Waals surface area (Å²) in [7, 11) is 0. The van der Waals surface area contributed by atoms with E-state index in [1.807, 2.05) is 0 Å². The number of ether oxygens (including phenoxy) is 1. The summed E-state index contributed by atoms with van der Waals surface area (Å²) in [5.41, 5.74) is 9.39. The Morgan fingerprint density at radius 1 is 1.29 bits per heavy atom. The zero-order valence-electron chi connectivity index (χ0n) is 12.7. The van der Waals surface area contributed by atoms with Crippen LogP contribution < -0.4 is 5.73 Å². The predicted octanol–water partition coefficient (Wildman–Crippen LogP) is 3.65. The van der Waals surface area contributed by atoms with Gasteiger partial charge in [-0.3, -0.25) is 0 Å². The fourth-order valence-electron chi connectivity index (χ4n) is 3.39. The van der Waals surface area contributed by atoms with Crippen molar-refractivity contribution in [3.8, 4) is 0 Å². The fraction of sp³-hybridized carbons (Fsp3) is 0.647. The molecule has 0 saturated carbocycles. The molecule has 0 radical (unpaired) electrons. The Labute approximate surface area is 136 Å². The van der Waals surface area contributed by atoms with E-state index >= 15 is 0 Å². The highest BCUT2D eigenvalue weighted by atomic mass is 32.2. The van der Waals surface area contributed by atoms with Crippen LogP contribution in [0, 0.1) is 0 Å². The highest BCUT2D eigenvalue weighted by Crippen LogP contribution is 2.38. The van der Waals surface area contributed by atoms with E-state index in [0.717, 1.165) is 19.4 Å². The van der Waals surface area contributed by atoms with Gasteiger partial charge < -0.3 is 10.5 Å². The van der Waals surface area contributed by atoms with Crippen LogP contribution in [-0.4, -0.2) is 34.7 Å². The second-order valence-corrected chi connectivity index (χ2v) is 8.49. The SMILES string of the molecule is CCC1SCCSC1C(N)CC1OCCc2ccccc21. The highest BCUT2D eigenvalue weighted by molar-refractivity contribution is 8.07. The van der Waals surface area contributed by atoms with Crippen LogP contribution in [0.15, 0.2) is 24.3 Å². The molecule has 1 aromatic rings. The molecule has 1 saturated heterocycles. The van der Waals surface area contributed by atoms with Crippen molar-refractivity contribution in [3.05, 3.63) is 35.4 Å². The molecule has 4 unspecified atom stereocenters. The molecule has 1 fully saturated rings. The van der Waals surface area contributed by atoms with Crippen molar-refractivity contribution in [1.82, 2.24) is 0 Å². The lowest BCUT2D eigenvalue weighted by molar-refractivity contribution is 0.0319. The lowest BCUT2D eigenvalue weighted by Gasteiger charge is -2.36. The maximum absolute atomic E-state index is 6.59. The first kappa shape index (κ1) is 15.7. The van der Waals surface area contributed by atoms with Gasteiger partial charge in [-0.25, -0.2) is 0 Å². The molecule has 0 bridgehead atoms. The van der Waals surface area contributed by atoms with Crippen LogP contribution in [0.25, 0.3) is 0 Å². The standard InChI is InChI=1S/C17H25NOS2/c1-2-16-17(21-10-9-20-16)14(18)11-15-13-6-4-3-5-12(13)7-8-19-15/h3-6,14-17H,2,7-11,18H2,1H3. The molecule has 4 atom stereocenters. The van der Waals surface area contributed by atoms with Gasteiger partial charge in [-0.15, -0.1) is 0 Å². The Balaban J connectivity index is 1.69. The molecule has 2 heterocycles. The Morgan fingerprint density at radius 3 is 2.95 bits per heavy atom. The number of nitrogens with two attached hydrogens (primary N) is 1. The van der Waals surface area contributed by atoms with Crippen LogP contribution >= 0.6 is 23.5 Å². The van der Waals surface area contributed by atoms with Crippen molar-refractivity contribution in [2.45, 2.75) is 48.8 Å². The number of hydrogen-bond acceptors (Lipinski definition) is 4. The zero-order chi connectivity index (χ0) is 14.7. The molecule has 0 aliphatic carbocycles. The van der Waals surface area contributed by atoms with E-state index in [2.05, 4.69) is 54.7 Å². The van der Waals surface area contributed by atoms with Gasteiger partial charge in [0.15, 0.2) is 0 Å². The van der Waals surface area contributed by atoms with E-state index in [0.29, 0.717) is 10.5 Å². The summed E-state index contributed by atoms with van der Waals surface area (Å²) in [6.45, 7) is 3.12. The van der Waals surface area contributed by atoms with E-state index in [-0.39, 0.29) is 12.1 Å². The van der Waals surface area contributed by atoms with Gasteiger partial charge >= 0.3 is 0 Å². The van der Waals surface area contributed by atoms with Crippen molar-refractivity contribution < 1.29 is 4.74 Å². The minimum absolute atomic E-state index is 0.190. The molecule has 0 spiro atoms. The van der Waals surface area contributed by atoms with Crippen molar-refractivity contribution in [2.24, 2.45) is 5.73 Å². The molecule has 116 valence electrons.